The molecular weight excluding hydrogens is 300 g/mol. The number of aliphatic imine (C=N–C) groups is 1. The van der Waals surface area contributed by atoms with Gasteiger partial charge in [0.05, 0.1) is 0 Å². The van der Waals surface area contributed by atoms with E-state index in [1.807, 2.05) is 43.3 Å². The average molecular weight is 318 g/mol. The van der Waals surface area contributed by atoms with Crippen molar-refractivity contribution in [2.75, 3.05) is 20.1 Å². The molecule has 2 aliphatic rings. The van der Waals surface area contributed by atoms with E-state index in [2.05, 4.69) is 0 Å². The molecule has 0 aromatic heterocycles. The van der Waals surface area contributed by atoms with Crippen LogP contribution in [0.4, 0.5) is 0 Å². The van der Waals surface area contributed by atoms with Crippen LogP contribution in [0.25, 0.3) is 0 Å². The molecule has 5 nitrogen and oxygen atoms in total. The van der Waals surface area contributed by atoms with E-state index in [1.54, 1.807) is 18.7 Å². The van der Waals surface area contributed by atoms with Crippen LogP contribution in [-0.4, -0.2) is 35.9 Å². The lowest BCUT2D eigenvalue weighted by molar-refractivity contribution is -0.114. The van der Waals surface area contributed by atoms with Gasteiger partial charge >= 0.3 is 0 Å². The summed E-state index contributed by atoms with van der Waals surface area (Å²) < 4.78 is 10.8. The van der Waals surface area contributed by atoms with E-state index >= 15 is 0 Å². The standard InChI is InChI=1S/C16H18N2O3S/c1-9-14(10(2)19)15(17-16(22-4)18(9)3)11-5-6-12-13(7-11)21-8-20-12/h5-7,15H,8H2,1-4H3/t15-/m1/s1. The lowest BCUT2D eigenvalue weighted by Gasteiger charge is -2.31. The second-order valence-electron chi connectivity index (χ2n) is 5.25. The Morgan fingerprint density at radius 2 is 2.09 bits per heavy atom. The molecule has 2 aliphatic heterocycles. The third-order valence-corrected chi connectivity index (χ3v) is 4.71. The number of carbonyl (C=O) groups is 1. The summed E-state index contributed by atoms with van der Waals surface area (Å²) in [6.45, 7) is 3.79. The first-order valence-electron chi connectivity index (χ1n) is 6.99. The zero-order valence-electron chi connectivity index (χ0n) is 13.0. The lowest BCUT2D eigenvalue weighted by Crippen LogP contribution is -2.31. The second kappa shape index (κ2) is 5.68. The first-order chi connectivity index (χ1) is 10.5. The molecule has 0 N–H and O–H groups in total. The van der Waals surface area contributed by atoms with Gasteiger partial charge in [0.15, 0.2) is 22.4 Å². The molecule has 6 heteroatoms. The molecule has 0 amide bonds. The number of Topliss-reactive ketones (excluding diaryl/α,β-unsaturated/α-hetero) is 1. The van der Waals surface area contributed by atoms with Crippen molar-refractivity contribution in [1.29, 1.82) is 0 Å². The number of ether oxygens (including phenoxy) is 2. The van der Waals surface area contributed by atoms with E-state index in [0.29, 0.717) is 5.75 Å². The van der Waals surface area contributed by atoms with Crippen molar-refractivity contribution in [3.05, 3.63) is 35.0 Å². The maximum atomic E-state index is 12.2. The first kappa shape index (κ1) is 15.0. The lowest BCUT2D eigenvalue weighted by atomic mass is 9.93. The third-order valence-electron chi connectivity index (χ3n) is 3.97. The molecule has 1 aromatic carbocycles. The monoisotopic (exact) mass is 318 g/mol. The van der Waals surface area contributed by atoms with E-state index in [-0.39, 0.29) is 18.6 Å². The molecular formula is C16H18N2O3S. The minimum absolute atomic E-state index is 0.0379. The summed E-state index contributed by atoms with van der Waals surface area (Å²) >= 11 is 1.57. The Balaban J connectivity index is 2.09. The van der Waals surface area contributed by atoms with Crippen molar-refractivity contribution in [3.63, 3.8) is 0 Å². The normalized spacial score (nSPS) is 20.3. The molecule has 0 unspecified atom stereocenters. The molecule has 22 heavy (non-hydrogen) atoms. The van der Waals surface area contributed by atoms with Gasteiger partial charge in [-0.2, -0.15) is 0 Å². The molecule has 116 valence electrons. The summed E-state index contributed by atoms with van der Waals surface area (Å²) in [5.41, 5.74) is 2.60. The average Bonchev–Trinajstić information content (AvgIpc) is 2.96. The number of ketones is 1. The maximum Gasteiger partial charge on any atom is 0.231 e. The van der Waals surface area contributed by atoms with Crippen molar-refractivity contribution in [1.82, 2.24) is 4.90 Å². The number of amidine groups is 1. The largest absolute Gasteiger partial charge is 0.454 e. The van der Waals surface area contributed by atoms with Crippen LogP contribution < -0.4 is 9.47 Å². The summed E-state index contributed by atoms with van der Waals surface area (Å²) in [5, 5.41) is 0.894. The third kappa shape index (κ3) is 2.37. The Bertz CT molecular complexity index is 697. The number of rotatable bonds is 2. The van der Waals surface area contributed by atoms with Gasteiger partial charge in [-0.15, -0.1) is 0 Å². The molecule has 0 radical (unpaired) electrons. The van der Waals surface area contributed by atoms with Crippen molar-refractivity contribution in [3.8, 4) is 11.5 Å². The number of carbonyl (C=O) groups excluding carboxylic acids is 1. The van der Waals surface area contributed by atoms with Crippen LogP contribution in [0.2, 0.25) is 0 Å². The van der Waals surface area contributed by atoms with Crippen LogP contribution in [0.15, 0.2) is 34.5 Å². The smallest absolute Gasteiger partial charge is 0.231 e. The molecule has 3 rings (SSSR count). The highest BCUT2D eigenvalue weighted by molar-refractivity contribution is 8.13. The van der Waals surface area contributed by atoms with Gasteiger partial charge in [-0.05, 0) is 37.8 Å². The van der Waals surface area contributed by atoms with Gasteiger partial charge in [-0.1, -0.05) is 17.8 Å². The van der Waals surface area contributed by atoms with Crippen LogP contribution in [0.1, 0.15) is 25.5 Å². The summed E-state index contributed by atoms with van der Waals surface area (Å²) in [6, 6.07) is 5.43. The minimum Gasteiger partial charge on any atom is -0.454 e. The Hall–Kier alpha value is -1.95. The molecule has 0 saturated carbocycles. The molecule has 0 fully saturated rings. The predicted octanol–water partition coefficient (Wildman–Crippen LogP) is 2.98. The molecule has 0 spiro atoms. The maximum absolute atomic E-state index is 12.2. The highest BCUT2D eigenvalue weighted by Crippen LogP contribution is 2.40. The summed E-state index contributed by atoms with van der Waals surface area (Å²) in [4.78, 5) is 18.9. The molecule has 0 saturated heterocycles. The summed E-state index contributed by atoms with van der Waals surface area (Å²) in [6.07, 6.45) is 1.98. The zero-order valence-corrected chi connectivity index (χ0v) is 13.9. The van der Waals surface area contributed by atoms with E-state index < -0.39 is 0 Å². The van der Waals surface area contributed by atoms with Gasteiger partial charge in [-0.3, -0.25) is 4.79 Å². The fraction of sp³-hybridized carbons (Fsp3) is 0.375. The van der Waals surface area contributed by atoms with E-state index in [9.17, 15) is 4.79 Å². The van der Waals surface area contributed by atoms with Crippen molar-refractivity contribution in [2.24, 2.45) is 4.99 Å². The number of thioether (sulfide) groups is 1. The van der Waals surface area contributed by atoms with Crippen molar-refractivity contribution < 1.29 is 14.3 Å². The number of nitrogens with zero attached hydrogens (tertiary/aromatic N) is 2. The van der Waals surface area contributed by atoms with Crippen LogP contribution in [0, 0.1) is 0 Å². The molecule has 1 aromatic rings. The zero-order chi connectivity index (χ0) is 15.9. The Kier molecular flexibility index (Phi) is 3.87. The fourth-order valence-corrected chi connectivity index (χ4v) is 3.37. The van der Waals surface area contributed by atoms with Crippen LogP contribution >= 0.6 is 11.8 Å². The second-order valence-corrected chi connectivity index (χ2v) is 6.02. The van der Waals surface area contributed by atoms with E-state index in [0.717, 1.165) is 27.8 Å². The Morgan fingerprint density at radius 1 is 1.36 bits per heavy atom. The van der Waals surface area contributed by atoms with Gasteiger partial charge < -0.3 is 14.4 Å². The Labute approximate surface area is 134 Å². The quantitative estimate of drug-likeness (QED) is 0.839. The molecule has 0 bridgehead atoms. The number of hydrogen-bond acceptors (Lipinski definition) is 6. The first-order valence-corrected chi connectivity index (χ1v) is 8.22. The van der Waals surface area contributed by atoms with Gasteiger partial charge in [0, 0.05) is 18.3 Å². The van der Waals surface area contributed by atoms with Gasteiger partial charge in [0.2, 0.25) is 6.79 Å². The molecule has 1 atom stereocenters. The SMILES string of the molecule is CSC1=N[C@H](c2ccc3c(c2)OCO3)C(C(C)=O)=C(C)N1C. The van der Waals surface area contributed by atoms with Gasteiger partial charge in [0.25, 0.3) is 0 Å². The number of hydrogen-bond donors (Lipinski definition) is 0. The van der Waals surface area contributed by atoms with Crippen molar-refractivity contribution >= 4 is 22.7 Å². The summed E-state index contributed by atoms with van der Waals surface area (Å²) in [7, 11) is 1.93. The Morgan fingerprint density at radius 3 is 2.77 bits per heavy atom. The van der Waals surface area contributed by atoms with Gasteiger partial charge in [-0.25, -0.2) is 4.99 Å². The van der Waals surface area contributed by atoms with E-state index in [1.165, 1.54) is 0 Å². The van der Waals surface area contributed by atoms with Gasteiger partial charge in [0.1, 0.15) is 6.04 Å². The number of benzene rings is 1. The minimum atomic E-state index is -0.300. The van der Waals surface area contributed by atoms with Crippen LogP contribution in [0.3, 0.4) is 0 Å². The van der Waals surface area contributed by atoms with E-state index in [4.69, 9.17) is 14.5 Å². The molecule has 2 heterocycles. The topological polar surface area (TPSA) is 51.1 Å². The van der Waals surface area contributed by atoms with Crippen LogP contribution in [-0.2, 0) is 4.79 Å². The molecule has 0 aliphatic carbocycles. The van der Waals surface area contributed by atoms with Crippen LogP contribution in [0.5, 0.6) is 11.5 Å². The fourth-order valence-electron chi connectivity index (χ4n) is 2.74. The number of fused-ring (bicyclic) bond motifs is 1. The van der Waals surface area contributed by atoms with Crippen molar-refractivity contribution in [2.45, 2.75) is 19.9 Å². The highest BCUT2D eigenvalue weighted by atomic mass is 32.2. The number of allylic oxidation sites excluding steroid dienone is 1. The predicted molar refractivity (Wildman–Crippen MR) is 87.4 cm³/mol. The highest BCUT2D eigenvalue weighted by Gasteiger charge is 2.30. The summed E-state index contributed by atoms with van der Waals surface area (Å²) in [5.74, 6) is 1.48.